The first-order chi connectivity index (χ1) is 10.4. The van der Waals surface area contributed by atoms with E-state index in [0.717, 1.165) is 46.6 Å². The van der Waals surface area contributed by atoms with Crippen LogP contribution in [-0.4, -0.2) is 23.9 Å². The predicted molar refractivity (Wildman–Crippen MR) is 83.7 cm³/mol. The van der Waals surface area contributed by atoms with Crippen LogP contribution in [0.25, 0.3) is 22.0 Å². The highest BCUT2D eigenvalue weighted by molar-refractivity contribution is 6.00. The third-order valence-electron chi connectivity index (χ3n) is 3.89. The van der Waals surface area contributed by atoms with E-state index in [2.05, 4.69) is 39.8 Å². The zero-order chi connectivity index (χ0) is 14.2. The summed E-state index contributed by atoms with van der Waals surface area (Å²) in [6, 6.07) is 14.5. The van der Waals surface area contributed by atoms with Crippen molar-refractivity contribution in [3.63, 3.8) is 0 Å². The van der Waals surface area contributed by atoms with Crippen molar-refractivity contribution in [3.05, 3.63) is 48.0 Å². The zero-order valence-electron chi connectivity index (χ0n) is 11.8. The summed E-state index contributed by atoms with van der Waals surface area (Å²) in [5, 5.41) is 14.0. The maximum absolute atomic E-state index is 5.57. The summed E-state index contributed by atoms with van der Waals surface area (Å²) in [5.74, 6) is 1.79. The molecular formula is C17H15N3O. The number of hydrogen-bond donors (Lipinski definition) is 1. The summed E-state index contributed by atoms with van der Waals surface area (Å²) in [4.78, 5) is 0. The van der Waals surface area contributed by atoms with Crippen molar-refractivity contribution < 1.29 is 4.74 Å². The van der Waals surface area contributed by atoms with Crippen LogP contribution in [0.5, 0.6) is 5.75 Å². The highest BCUT2D eigenvalue weighted by Gasteiger charge is 2.15. The van der Waals surface area contributed by atoms with Crippen molar-refractivity contribution in [3.8, 4) is 17.0 Å². The Bertz CT molecular complexity index is 829. The largest absolute Gasteiger partial charge is 0.493 e. The highest BCUT2D eigenvalue weighted by Crippen LogP contribution is 2.33. The minimum absolute atomic E-state index is 0.768. The van der Waals surface area contributed by atoms with Crippen LogP contribution >= 0.6 is 0 Å². The fraction of sp³-hybridized carbons (Fsp3) is 0.176. The monoisotopic (exact) mass is 277 g/mol. The summed E-state index contributed by atoms with van der Waals surface area (Å²) in [7, 11) is 1.86. The van der Waals surface area contributed by atoms with Gasteiger partial charge in [-0.25, -0.2) is 0 Å². The molecular weight excluding hydrogens is 262 g/mol. The molecule has 0 atom stereocenters. The second-order valence-corrected chi connectivity index (χ2v) is 5.11. The van der Waals surface area contributed by atoms with Gasteiger partial charge in [0.25, 0.3) is 0 Å². The van der Waals surface area contributed by atoms with Crippen molar-refractivity contribution in [1.82, 2.24) is 10.2 Å². The van der Waals surface area contributed by atoms with E-state index in [9.17, 15) is 0 Å². The summed E-state index contributed by atoms with van der Waals surface area (Å²) in [5.41, 5.74) is 3.25. The lowest BCUT2D eigenvalue weighted by Gasteiger charge is -2.09. The summed E-state index contributed by atoms with van der Waals surface area (Å²) >= 11 is 0. The maximum Gasteiger partial charge on any atom is 0.156 e. The van der Waals surface area contributed by atoms with Gasteiger partial charge in [-0.15, -0.1) is 10.2 Å². The minimum Gasteiger partial charge on any atom is -0.493 e. The topological polar surface area (TPSA) is 47.0 Å². The van der Waals surface area contributed by atoms with Gasteiger partial charge in [-0.1, -0.05) is 24.3 Å². The first kappa shape index (κ1) is 12.1. The molecule has 0 spiro atoms. The Labute approximate surface area is 122 Å². The number of rotatable bonds is 2. The van der Waals surface area contributed by atoms with E-state index in [4.69, 9.17) is 4.74 Å². The van der Waals surface area contributed by atoms with Crippen molar-refractivity contribution in [2.75, 3.05) is 19.0 Å². The Kier molecular flexibility index (Phi) is 2.74. The summed E-state index contributed by atoms with van der Waals surface area (Å²) < 4.78 is 5.57. The molecule has 2 heterocycles. The van der Waals surface area contributed by atoms with E-state index in [1.54, 1.807) is 0 Å². The molecule has 0 fully saturated rings. The van der Waals surface area contributed by atoms with Crippen LogP contribution in [0.15, 0.2) is 42.5 Å². The second-order valence-electron chi connectivity index (χ2n) is 5.11. The van der Waals surface area contributed by atoms with Gasteiger partial charge >= 0.3 is 0 Å². The van der Waals surface area contributed by atoms with Gasteiger partial charge in [0.1, 0.15) is 11.4 Å². The molecule has 0 bridgehead atoms. The van der Waals surface area contributed by atoms with E-state index in [-0.39, 0.29) is 0 Å². The van der Waals surface area contributed by atoms with E-state index < -0.39 is 0 Å². The Hall–Kier alpha value is -2.62. The molecule has 0 saturated heterocycles. The molecule has 4 rings (SSSR count). The first-order valence-electron chi connectivity index (χ1n) is 7.06. The molecule has 3 aromatic rings. The third-order valence-corrected chi connectivity index (χ3v) is 3.89. The lowest BCUT2D eigenvalue weighted by Crippen LogP contribution is -1.98. The third kappa shape index (κ3) is 1.91. The molecule has 1 aliphatic rings. The predicted octanol–water partition coefficient (Wildman–Crippen LogP) is 3.27. The Morgan fingerprint density at radius 2 is 1.90 bits per heavy atom. The normalized spacial score (nSPS) is 13.0. The SMILES string of the molecule is CNc1nnc(-c2ccc3c(c2)CCO3)c2ccccc12. The van der Waals surface area contributed by atoms with E-state index in [1.807, 2.05) is 25.2 Å². The molecule has 0 amide bonds. The van der Waals surface area contributed by atoms with Crippen LogP contribution in [-0.2, 0) is 6.42 Å². The molecule has 0 radical (unpaired) electrons. The number of benzene rings is 2. The summed E-state index contributed by atoms with van der Waals surface area (Å²) in [6.45, 7) is 0.768. The first-order valence-corrected chi connectivity index (χ1v) is 7.06. The van der Waals surface area contributed by atoms with E-state index in [0.29, 0.717) is 0 Å². The van der Waals surface area contributed by atoms with Gasteiger partial charge in [-0.3, -0.25) is 0 Å². The molecule has 0 unspecified atom stereocenters. The van der Waals surface area contributed by atoms with Crippen molar-refractivity contribution >= 4 is 16.6 Å². The quantitative estimate of drug-likeness (QED) is 0.781. The van der Waals surface area contributed by atoms with Crippen LogP contribution in [0, 0.1) is 0 Å². The van der Waals surface area contributed by atoms with Crippen LogP contribution in [0.3, 0.4) is 0 Å². The Morgan fingerprint density at radius 1 is 1.05 bits per heavy atom. The van der Waals surface area contributed by atoms with E-state index in [1.165, 1.54) is 5.56 Å². The number of hydrogen-bond acceptors (Lipinski definition) is 4. The van der Waals surface area contributed by atoms with E-state index >= 15 is 0 Å². The van der Waals surface area contributed by atoms with Gasteiger partial charge in [0.05, 0.1) is 6.61 Å². The lowest BCUT2D eigenvalue weighted by molar-refractivity contribution is 0.357. The minimum atomic E-state index is 0.768. The zero-order valence-corrected chi connectivity index (χ0v) is 11.8. The number of ether oxygens (including phenoxy) is 1. The van der Waals surface area contributed by atoms with Crippen LogP contribution in [0.1, 0.15) is 5.56 Å². The van der Waals surface area contributed by atoms with Crippen LogP contribution in [0.2, 0.25) is 0 Å². The molecule has 0 saturated carbocycles. The highest BCUT2D eigenvalue weighted by atomic mass is 16.5. The Balaban J connectivity index is 1.95. The standard InChI is InChI=1S/C17H15N3O/c1-18-17-14-5-3-2-4-13(14)16(19-20-17)12-6-7-15-11(10-12)8-9-21-15/h2-7,10H,8-9H2,1H3,(H,18,20). The van der Waals surface area contributed by atoms with Gasteiger partial charge in [0.15, 0.2) is 5.82 Å². The smallest absolute Gasteiger partial charge is 0.156 e. The fourth-order valence-corrected chi connectivity index (χ4v) is 2.84. The lowest BCUT2D eigenvalue weighted by atomic mass is 10.0. The van der Waals surface area contributed by atoms with Crippen molar-refractivity contribution in [1.29, 1.82) is 0 Å². The Morgan fingerprint density at radius 3 is 2.76 bits per heavy atom. The van der Waals surface area contributed by atoms with Gasteiger partial charge in [-0.2, -0.15) is 0 Å². The van der Waals surface area contributed by atoms with Crippen molar-refractivity contribution in [2.24, 2.45) is 0 Å². The fourth-order valence-electron chi connectivity index (χ4n) is 2.84. The average molecular weight is 277 g/mol. The molecule has 1 N–H and O–H groups in total. The van der Waals surface area contributed by atoms with Gasteiger partial charge in [0.2, 0.25) is 0 Å². The maximum atomic E-state index is 5.57. The molecule has 0 aliphatic carbocycles. The van der Waals surface area contributed by atoms with Gasteiger partial charge in [0, 0.05) is 29.8 Å². The molecule has 1 aromatic heterocycles. The molecule has 21 heavy (non-hydrogen) atoms. The molecule has 2 aromatic carbocycles. The molecule has 1 aliphatic heterocycles. The van der Waals surface area contributed by atoms with Crippen LogP contribution < -0.4 is 10.1 Å². The number of anilines is 1. The molecule has 4 heteroatoms. The summed E-state index contributed by atoms with van der Waals surface area (Å²) in [6.07, 6.45) is 0.961. The number of fused-ring (bicyclic) bond motifs is 2. The van der Waals surface area contributed by atoms with Gasteiger partial charge in [-0.05, 0) is 23.8 Å². The number of nitrogens with zero attached hydrogens (tertiary/aromatic N) is 2. The molecule has 104 valence electrons. The van der Waals surface area contributed by atoms with Crippen LogP contribution in [0.4, 0.5) is 5.82 Å². The van der Waals surface area contributed by atoms with Gasteiger partial charge < -0.3 is 10.1 Å². The van der Waals surface area contributed by atoms with Crippen molar-refractivity contribution in [2.45, 2.75) is 6.42 Å². The number of aromatic nitrogens is 2. The second kappa shape index (κ2) is 4.74. The average Bonchev–Trinajstić information content (AvgIpc) is 3.01. The molecule has 4 nitrogen and oxygen atoms in total. The number of nitrogens with one attached hydrogen (secondary N) is 1.